The summed E-state index contributed by atoms with van der Waals surface area (Å²) in [6.45, 7) is 0. The molecule has 0 aliphatic rings. The zero-order valence-corrected chi connectivity index (χ0v) is 7.95. The van der Waals surface area contributed by atoms with Crippen molar-refractivity contribution in [3.8, 4) is 0 Å². The number of hydrogen-bond donors (Lipinski definition) is 1. The van der Waals surface area contributed by atoms with Gasteiger partial charge in [0.05, 0.1) is 23.0 Å². The maximum atomic E-state index is 12.6. The van der Waals surface area contributed by atoms with Gasteiger partial charge in [0.15, 0.2) is 0 Å². The SMILES string of the molecule is FC(F)(F)c1ccc2[nH]cnc2c1C(F)(F)F. The fourth-order valence-electron chi connectivity index (χ4n) is 1.53. The highest BCUT2D eigenvalue weighted by Gasteiger charge is 2.44. The van der Waals surface area contributed by atoms with Crippen LogP contribution in [0.15, 0.2) is 18.5 Å². The first-order valence-corrected chi connectivity index (χ1v) is 4.32. The van der Waals surface area contributed by atoms with Crippen LogP contribution < -0.4 is 0 Å². The van der Waals surface area contributed by atoms with Crippen molar-refractivity contribution in [3.05, 3.63) is 29.6 Å². The first-order valence-electron chi connectivity index (χ1n) is 4.32. The predicted octanol–water partition coefficient (Wildman–Crippen LogP) is 3.60. The van der Waals surface area contributed by atoms with E-state index in [0.717, 1.165) is 12.4 Å². The maximum Gasteiger partial charge on any atom is 0.419 e. The second kappa shape index (κ2) is 3.38. The molecule has 0 atom stereocenters. The normalized spacial score (nSPS) is 13.3. The number of hydrogen-bond acceptors (Lipinski definition) is 1. The van der Waals surface area contributed by atoms with E-state index in [1.54, 1.807) is 0 Å². The lowest BCUT2D eigenvalue weighted by Crippen LogP contribution is -2.17. The highest BCUT2D eigenvalue weighted by atomic mass is 19.4. The van der Waals surface area contributed by atoms with E-state index in [2.05, 4.69) is 9.97 Å². The fourth-order valence-corrected chi connectivity index (χ4v) is 1.53. The van der Waals surface area contributed by atoms with Crippen LogP contribution in [0.5, 0.6) is 0 Å². The third-order valence-electron chi connectivity index (χ3n) is 2.18. The summed E-state index contributed by atoms with van der Waals surface area (Å²) in [4.78, 5) is 5.62. The molecule has 1 heterocycles. The molecule has 0 radical (unpaired) electrons. The molecule has 0 saturated carbocycles. The molecule has 0 spiro atoms. The molecule has 92 valence electrons. The van der Waals surface area contributed by atoms with E-state index >= 15 is 0 Å². The van der Waals surface area contributed by atoms with Gasteiger partial charge in [0.1, 0.15) is 5.52 Å². The molecular formula is C9H4F6N2. The lowest BCUT2D eigenvalue weighted by Gasteiger charge is -2.15. The van der Waals surface area contributed by atoms with Gasteiger partial charge in [0.25, 0.3) is 0 Å². The Labute approximate surface area is 90.3 Å². The molecule has 2 aromatic rings. The number of H-pyrrole nitrogens is 1. The van der Waals surface area contributed by atoms with Crippen molar-refractivity contribution in [1.29, 1.82) is 0 Å². The Bertz CT molecular complexity index is 551. The highest BCUT2D eigenvalue weighted by molar-refractivity contribution is 5.80. The Hall–Kier alpha value is -1.73. The van der Waals surface area contributed by atoms with E-state index in [9.17, 15) is 26.3 Å². The van der Waals surface area contributed by atoms with Crippen LogP contribution in [0.25, 0.3) is 11.0 Å². The quantitative estimate of drug-likeness (QED) is 0.715. The Morgan fingerprint density at radius 2 is 1.59 bits per heavy atom. The van der Waals surface area contributed by atoms with Crippen LogP contribution in [0.4, 0.5) is 26.3 Å². The van der Waals surface area contributed by atoms with Crippen molar-refractivity contribution >= 4 is 11.0 Å². The number of benzene rings is 1. The Morgan fingerprint density at radius 1 is 0.941 bits per heavy atom. The monoisotopic (exact) mass is 254 g/mol. The van der Waals surface area contributed by atoms with Gasteiger partial charge in [-0.15, -0.1) is 0 Å². The van der Waals surface area contributed by atoms with Crippen molar-refractivity contribution in [2.75, 3.05) is 0 Å². The van der Waals surface area contributed by atoms with Crippen LogP contribution in [0.1, 0.15) is 11.1 Å². The molecule has 0 bridgehead atoms. The number of halogens is 6. The molecule has 2 nitrogen and oxygen atoms in total. The van der Waals surface area contributed by atoms with Crippen LogP contribution in [0.2, 0.25) is 0 Å². The minimum absolute atomic E-state index is 0.0923. The molecule has 0 fully saturated rings. The van der Waals surface area contributed by atoms with Gasteiger partial charge >= 0.3 is 12.4 Å². The molecule has 1 aromatic carbocycles. The standard InChI is InChI=1S/C9H4F6N2/c10-8(11,12)4-1-2-5-7(17-3-16-5)6(4)9(13,14)15/h1-3H,(H,16,17). The van der Waals surface area contributed by atoms with Gasteiger partial charge in [-0.3, -0.25) is 0 Å². The number of imidazole rings is 1. The van der Waals surface area contributed by atoms with Gasteiger partial charge in [-0.2, -0.15) is 26.3 Å². The van der Waals surface area contributed by atoms with E-state index in [4.69, 9.17) is 0 Å². The summed E-state index contributed by atoms with van der Waals surface area (Å²) in [6.07, 6.45) is -9.27. The van der Waals surface area contributed by atoms with Crippen LogP contribution in [-0.4, -0.2) is 9.97 Å². The first kappa shape index (κ1) is 11.7. The van der Waals surface area contributed by atoms with Crippen LogP contribution in [0, 0.1) is 0 Å². The second-order valence-electron chi connectivity index (χ2n) is 3.28. The van der Waals surface area contributed by atoms with E-state index in [1.165, 1.54) is 0 Å². The highest BCUT2D eigenvalue weighted by Crippen LogP contribution is 2.42. The number of fused-ring (bicyclic) bond motifs is 1. The summed E-state index contributed by atoms with van der Waals surface area (Å²) >= 11 is 0. The largest absolute Gasteiger partial charge is 0.419 e. The fraction of sp³-hybridized carbons (Fsp3) is 0.222. The third-order valence-corrected chi connectivity index (χ3v) is 2.18. The lowest BCUT2D eigenvalue weighted by molar-refractivity contribution is -0.161. The molecule has 0 unspecified atom stereocenters. The van der Waals surface area contributed by atoms with Crippen LogP contribution in [-0.2, 0) is 12.4 Å². The smallest absolute Gasteiger partial charge is 0.345 e. The first-order chi connectivity index (χ1) is 7.71. The van der Waals surface area contributed by atoms with Crippen molar-refractivity contribution in [1.82, 2.24) is 9.97 Å². The van der Waals surface area contributed by atoms with Crippen LogP contribution >= 0.6 is 0 Å². The number of alkyl halides is 6. The zero-order valence-electron chi connectivity index (χ0n) is 7.95. The van der Waals surface area contributed by atoms with Crippen LogP contribution in [0.3, 0.4) is 0 Å². The van der Waals surface area contributed by atoms with Crippen molar-refractivity contribution in [2.24, 2.45) is 0 Å². The van der Waals surface area contributed by atoms with E-state index in [1.807, 2.05) is 0 Å². The molecule has 1 N–H and O–H groups in total. The van der Waals surface area contributed by atoms with E-state index in [0.29, 0.717) is 6.07 Å². The summed E-state index contributed by atoms with van der Waals surface area (Å²) in [5, 5.41) is 0. The summed E-state index contributed by atoms with van der Waals surface area (Å²) < 4.78 is 75.3. The molecule has 17 heavy (non-hydrogen) atoms. The van der Waals surface area contributed by atoms with Crippen molar-refractivity contribution in [3.63, 3.8) is 0 Å². The Balaban J connectivity index is 2.85. The summed E-state index contributed by atoms with van der Waals surface area (Å²) in [7, 11) is 0. The molecule has 0 amide bonds. The molecule has 2 rings (SSSR count). The molecule has 1 aromatic heterocycles. The van der Waals surface area contributed by atoms with Gasteiger partial charge < -0.3 is 4.98 Å². The Kier molecular flexibility index (Phi) is 2.33. The van der Waals surface area contributed by atoms with Gasteiger partial charge in [0.2, 0.25) is 0 Å². The number of nitrogens with zero attached hydrogens (tertiary/aromatic N) is 1. The van der Waals surface area contributed by atoms with Gasteiger partial charge in [-0.1, -0.05) is 0 Å². The van der Waals surface area contributed by atoms with Crippen molar-refractivity contribution in [2.45, 2.75) is 12.4 Å². The van der Waals surface area contributed by atoms with Gasteiger partial charge in [-0.25, -0.2) is 4.98 Å². The predicted molar refractivity (Wildman–Crippen MR) is 46.1 cm³/mol. The molecule has 0 aliphatic heterocycles. The average Bonchev–Trinajstić information content (AvgIpc) is 2.59. The van der Waals surface area contributed by atoms with Crippen molar-refractivity contribution < 1.29 is 26.3 Å². The minimum Gasteiger partial charge on any atom is -0.345 e. The number of nitrogens with one attached hydrogen (secondary N) is 1. The van der Waals surface area contributed by atoms with Gasteiger partial charge in [0, 0.05) is 0 Å². The second-order valence-corrected chi connectivity index (χ2v) is 3.28. The maximum absolute atomic E-state index is 12.6. The lowest BCUT2D eigenvalue weighted by atomic mass is 10.0. The minimum atomic E-state index is -5.11. The molecule has 8 heteroatoms. The summed E-state index contributed by atoms with van der Waals surface area (Å²) in [5.41, 5.74) is -4.31. The summed E-state index contributed by atoms with van der Waals surface area (Å²) in [6, 6.07) is 1.31. The van der Waals surface area contributed by atoms with E-state index < -0.39 is 29.0 Å². The zero-order chi connectivity index (χ0) is 12.8. The number of aromatic amines is 1. The number of rotatable bonds is 0. The molecular weight excluding hydrogens is 250 g/mol. The molecule has 0 saturated heterocycles. The number of aromatic nitrogens is 2. The van der Waals surface area contributed by atoms with Gasteiger partial charge in [-0.05, 0) is 12.1 Å². The van der Waals surface area contributed by atoms with E-state index in [-0.39, 0.29) is 5.52 Å². The molecule has 0 aliphatic carbocycles. The third kappa shape index (κ3) is 1.94. The summed E-state index contributed by atoms with van der Waals surface area (Å²) in [5.74, 6) is 0. The Morgan fingerprint density at radius 3 is 2.12 bits per heavy atom. The average molecular weight is 254 g/mol. The topological polar surface area (TPSA) is 28.7 Å².